The molecule has 1 aromatic carbocycles. The monoisotopic (exact) mass is 317 g/mol. The molecular formula is C19H27NO3. The average Bonchev–Trinajstić information content (AvgIpc) is 2.52. The van der Waals surface area contributed by atoms with Crippen LogP contribution in [0.4, 0.5) is 5.69 Å². The highest BCUT2D eigenvalue weighted by atomic mass is 16.3. The Balaban J connectivity index is 1.59. The predicted octanol–water partition coefficient (Wildman–Crippen LogP) is 2.63. The van der Waals surface area contributed by atoms with Crippen molar-refractivity contribution in [2.75, 3.05) is 18.5 Å². The summed E-state index contributed by atoms with van der Waals surface area (Å²) < 4.78 is 0. The van der Waals surface area contributed by atoms with Gasteiger partial charge in [-0.05, 0) is 79.4 Å². The van der Waals surface area contributed by atoms with E-state index >= 15 is 0 Å². The van der Waals surface area contributed by atoms with Crippen LogP contribution in [0.25, 0.3) is 0 Å². The largest absolute Gasteiger partial charge is 0.506 e. The van der Waals surface area contributed by atoms with Gasteiger partial charge in [0.15, 0.2) is 0 Å². The second kappa shape index (κ2) is 5.67. The summed E-state index contributed by atoms with van der Waals surface area (Å²) in [6, 6.07) is 5.95. The Morgan fingerprint density at radius 2 is 1.70 bits per heavy atom. The summed E-state index contributed by atoms with van der Waals surface area (Å²) in [7, 11) is 0. The number of nitrogens with one attached hydrogen (secondary N) is 1. The number of benzene rings is 1. The Morgan fingerprint density at radius 1 is 1.09 bits per heavy atom. The molecule has 0 amide bonds. The van der Waals surface area contributed by atoms with Gasteiger partial charge in [0.2, 0.25) is 0 Å². The molecule has 0 aromatic heterocycles. The number of aromatic hydroxyl groups is 1. The van der Waals surface area contributed by atoms with Crippen molar-refractivity contribution in [3.63, 3.8) is 0 Å². The molecule has 126 valence electrons. The fourth-order valence-corrected chi connectivity index (χ4v) is 5.76. The van der Waals surface area contributed by atoms with Crippen molar-refractivity contribution in [1.29, 1.82) is 0 Å². The first-order chi connectivity index (χ1) is 11.1. The van der Waals surface area contributed by atoms with Gasteiger partial charge in [-0.2, -0.15) is 0 Å². The normalized spacial score (nSPS) is 36.2. The van der Waals surface area contributed by atoms with Gasteiger partial charge in [-0.25, -0.2) is 0 Å². The average molecular weight is 317 g/mol. The van der Waals surface area contributed by atoms with E-state index in [2.05, 4.69) is 17.4 Å². The van der Waals surface area contributed by atoms with Gasteiger partial charge in [-0.3, -0.25) is 0 Å². The topological polar surface area (TPSA) is 72.7 Å². The molecule has 4 saturated carbocycles. The summed E-state index contributed by atoms with van der Waals surface area (Å²) in [6.45, 7) is -0.0309. The molecule has 4 N–H and O–H groups in total. The predicted molar refractivity (Wildman–Crippen MR) is 89.5 cm³/mol. The van der Waals surface area contributed by atoms with E-state index in [1.807, 2.05) is 0 Å². The van der Waals surface area contributed by atoms with Crippen molar-refractivity contribution in [3.8, 4) is 5.75 Å². The molecule has 4 aliphatic rings. The molecule has 0 radical (unpaired) electrons. The molecule has 0 spiro atoms. The van der Waals surface area contributed by atoms with Crippen LogP contribution in [0.3, 0.4) is 0 Å². The maximum Gasteiger partial charge on any atom is 0.138 e. The lowest BCUT2D eigenvalue weighted by atomic mass is 9.48. The zero-order valence-electron chi connectivity index (χ0n) is 13.5. The highest BCUT2D eigenvalue weighted by Crippen LogP contribution is 2.61. The Labute approximate surface area is 137 Å². The molecular weight excluding hydrogens is 290 g/mol. The first-order valence-corrected chi connectivity index (χ1v) is 8.94. The van der Waals surface area contributed by atoms with Gasteiger partial charge in [0.25, 0.3) is 0 Å². The van der Waals surface area contributed by atoms with Crippen LogP contribution in [0.15, 0.2) is 18.2 Å². The van der Waals surface area contributed by atoms with Gasteiger partial charge in [0, 0.05) is 6.54 Å². The Morgan fingerprint density at radius 3 is 2.26 bits per heavy atom. The number of anilines is 1. The van der Waals surface area contributed by atoms with Gasteiger partial charge in [-0.1, -0.05) is 6.07 Å². The number of phenolic OH excluding ortho intramolecular Hbond substituents is 1. The summed E-state index contributed by atoms with van der Waals surface area (Å²) in [5.74, 6) is 2.89. The third-order valence-corrected chi connectivity index (χ3v) is 6.39. The van der Waals surface area contributed by atoms with E-state index in [1.54, 1.807) is 6.07 Å². The third-order valence-electron chi connectivity index (χ3n) is 6.39. The smallest absolute Gasteiger partial charge is 0.138 e. The number of aliphatic hydroxyl groups excluding tert-OH is 2. The van der Waals surface area contributed by atoms with Gasteiger partial charge < -0.3 is 20.6 Å². The second-order valence-electron chi connectivity index (χ2n) is 8.15. The van der Waals surface area contributed by atoms with Gasteiger partial charge in [0.1, 0.15) is 5.75 Å². The molecule has 1 aromatic rings. The molecule has 4 bridgehead atoms. The summed E-state index contributed by atoms with van der Waals surface area (Å²) in [6.07, 6.45) is 7.34. The Bertz CT molecular complexity index is 551. The number of hydrogen-bond acceptors (Lipinski definition) is 4. The van der Waals surface area contributed by atoms with E-state index in [-0.39, 0.29) is 18.9 Å². The van der Waals surface area contributed by atoms with Gasteiger partial charge in [0.05, 0.1) is 18.4 Å². The van der Waals surface area contributed by atoms with Crippen LogP contribution >= 0.6 is 0 Å². The highest BCUT2D eigenvalue weighted by Gasteiger charge is 2.51. The van der Waals surface area contributed by atoms with E-state index < -0.39 is 6.10 Å². The minimum Gasteiger partial charge on any atom is -0.506 e. The maximum absolute atomic E-state index is 10.1. The molecule has 1 unspecified atom stereocenters. The Kier molecular flexibility index (Phi) is 3.77. The lowest BCUT2D eigenvalue weighted by Gasteiger charge is -2.57. The lowest BCUT2D eigenvalue weighted by Crippen LogP contribution is -2.48. The van der Waals surface area contributed by atoms with E-state index in [4.69, 9.17) is 5.11 Å². The van der Waals surface area contributed by atoms with Crippen molar-refractivity contribution in [3.05, 3.63) is 23.8 Å². The minimum absolute atomic E-state index is 0.212. The van der Waals surface area contributed by atoms with Crippen molar-refractivity contribution >= 4 is 5.69 Å². The van der Waals surface area contributed by atoms with Gasteiger partial charge >= 0.3 is 0 Å². The van der Waals surface area contributed by atoms with Crippen LogP contribution in [-0.2, 0) is 5.41 Å². The van der Waals surface area contributed by atoms with Crippen LogP contribution in [-0.4, -0.2) is 34.6 Å². The fraction of sp³-hybridized carbons (Fsp3) is 0.684. The molecule has 4 heteroatoms. The van der Waals surface area contributed by atoms with Crippen LogP contribution < -0.4 is 5.32 Å². The first-order valence-electron chi connectivity index (χ1n) is 8.94. The number of aliphatic hydroxyl groups is 2. The Hall–Kier alpha value is -1.26. The van der Waals surface area contributed by atoms with Crippen molar-refractivity contribution < 1.29 is 15.3 Å². The zero-order valence-corrected chi connectivity index (χ0v) is 13.5. The highest BCUT2D eigenvalue weighted by molar-refractivity contribution is 5.58. The summed E-state index contributed by atoms with van der Waals surface area (Å²) in [5, 5.41) is 31.6. The number of hydrogen-bond donors (Lipinski definition) is 4. The quantitative estimate of drug-likeness (QED) is 0.630. The molecule has 0 heterocycles. The van der Waals surface area contributed by atoms with E-state index in [1.165, 1.54) is 44.1 Å². The van der Waals surface area contributed by atoms with E-state index in [0.29, 0.717) is 11.1 Å². The van der Waals surface area contributed by atoms with Crippen molar-refractivity contribution in [2.24, 2.45) is 17.8 Å². The molecule has 0 saturated heterocycles. The maximum atomic E-state index is 10.1. The van der Waals surface area contributed by atoms with Crippen molar-refractivity contribution in [1.82, 2.24) is 0 Å². The molecule has 4 fully saturated rings. The molecule has 0 aliphatic heterocycles. The molecule has 4 nitrogen and oxygen atoms in total. The molecule has 5 rings (SSSR count). The first kappa shape index (κ1) is 15.3. The molecule has 4 aliphatic carbocycles. The second-order valence-corrected chi connectivity index (χ2v) is 8.15. The summed E-state index contributed by atoms with van der Waals surface area (Å²) >= 11 is 0. The fourth-order valence-electron chi connectivity index (χ4n) is 5.76. The standard InChI is InChI=1S/C19H27NO3/c21-11-16(22)10-20-17-6-15(1-2-18(17)23)19-7-12-3-13(8-19)5-14(4-12)9-19/h1-2,6,12-14,16,20-23H,3-5,7-11H2. The van der Waals surface area contributed by atoms with E-state index in [0.717, 1.165) is 17.8 Å². The number of phenols is 1. The lowest BCUT2D eigenvalue weighted by molar-refractivity contribution is -0.00517. The molecule has 23 heavy (non-hydrogen) atoms. The van der Waals surface area contributed by atoms with Gasteiger partial charge in [-0.15, -0.1) is 0 Å². The van der Waals surface area contributed by atoms with Crippen LogP contribution in [0.1, 0.15) is 44.1 Å². The van der Waals surface area contributed by atoms with Crippen LogP contribution in [0, 0.1) is 17.8 Å². The van der Waals surface area contributed by atoms with Crippen molar-refractivity contribution in [2.45, 2.75) is 50.0 Å². The number of rotatable bonds is 5. The summed E-state index contributed by atoms with van der Waals surface area (Å²) in [5.41, 5.74) is 2.32. The minimum atomic E-state index is -0.808. The van der Waals surface area contributed by atoms with Crippen LogP contribution in [0.2, 0.25) is 0 Å². The third kappa shape index (κ3) is 2.72. The van der Waals surface area contributed by atoms with Crippen LogP contribution in [0.5, 0.6) is 5.75 Å². The summed E-state index contributed by atoms with van der Waals surface area (Å²) in [4.78, 5) is 0. The van der Waals surface area contributed by atoms with E-state index in [9.17, 15) is 10.2 Å². The SMILES string of the molecule is OCC(O)CNc1cc(C23CC4CC(CC(C4)C2)C3)ccc1O. The molecule has 1 atom stereocenters. The zero-order chi connectivity index (χ0) is 16.0.